The highest BCUT2D eigenvalue weighted by Crippen LogP contribution is 2.67. The number of rotatable bonds is 5. The van der Waals surface area contributed by atoms with E-state index in [2.05, 4.69) is 15.4 Å². The van der Waals surface area contributed by atoms with Crippen LogP contribution in [0.2, 0.25) is 5.02 Å². The van der Waals surface area contributed by atoms with E-state index in [0.717, 1.165) is 0 Å². The first kappa shape index (κ1) is 21.8. The summed E-state index contributed by atoms with van der Waals surface area (Å²) in [6.07, 6.45) is -5.48. The molecule has 174 valence electrons. The number of aliphatic hydroxyl groups is 1. The van der Waals surface area contributed by atoms with Crippen molar-refractivity contribution in [1.29, 1.82) is 0 Å². The fraction of sp³-hybridized carbons (Fsp3) is 0.619. The molecule has 1 aromatic carbocycles. The van der Waals surface area contributed by atoms with Gasteiger partial charge in [0.25, 0.3) is 5.91 Å². The lowest BCUT2D eigenvalue weighted by Crippen LogP contribution is -2.79. The largest absolute Gasteiger partial charge is 0.522 e. The van der Waals surface area contributed by atoms with Gasteiger partial charge < -0.3 is 20.5 Å². The molecule has 32 heavy (non-hydrogen) atoms. The van der Waals surface area contributed by atoms with E-state index in [-0.39, 0.29) is 37.1 Å². The van der Waals surface area contributed by atoms with Crippen LogP contribution < -0.4 is 15.4 Å². The molecule has 4 fully saturated rings. The molecular formula is C21H22ClF3N2O5. The van der Waals surface area contributed by atoms with Gasteiger partial charge in [0.1, 0.15) is 5.75 Å². The van der Waals surface area contributed by atoms with Gasteiger partial charge in [0.2, 0.25) is 5.91 Å². The molecule has 2 bridgehead atoms. The predicted molar refractivity (Wildman–Crippen MR) is 105 cm³/mol. The van der Waals surface area contributed by atoms with Crippen molar-refractivity contribution in [2.45, 2.75) is 74.8 Å². The SMILES string of the molecule is O=C(NC12CC(C(=O)NC3CC(OC(F)(F)F)C3)(C1)C2)[C@H]1CC(O)c2cc(Cl)ccc2O1. The van der Waals surface area contributed by atoms with Crippen molar-refractivity contribution < 1.29 is 37.3 Å². The monoisotopic (exact) mass is 474 g/mol. The summed E-state index contributed by atoms with van der Waals surface area (Å²) < 4.78 is 46.3. The lowest BCUT2D eigenvalue weighted by Gasteiger charge is -2.69. The van der Waals surface area contributed by atoms with E-state index in [9.17, 15) is 27.9 Å². The Kier molecular flexibility index (Phi) is 4.92. The molecule has 11 heteroatoms. The van der Waals surface area contributed by atoms with Gasteiger partial charge in [-0.2, -0.15) is 0 Å². The number of amides is 2. The molecule has 3 N–H and O–H groups in total. The van der Waals surface area contributed by atoms with Gasteiger partial charge in [0.05, 0.1) is 17.6 Å². The normalized spacial score (nSPS) is 37.0. The number of fused-ring (bicyclic) bond motifs is 1. The third-order valence-corrected chi connectivity index (χ3v) is 7.20. The van der Waals surface area contributed by atoms with Crippen LogP contribution in [0.25, 0.3) is 0 Å². The van der Waals surface area contributed by atoms with E-state index >= 15 is 0 Å². The van der Waals surface area contributed by atoms with Crippen LogP contribution in [-0.2, 0) is 14.3 Å². The Morgan fingerprint density at radius 2 is 1.88 bits per heavy atom. The van der Waals surface area contributed by atoms with Crippen molar-refractivity contribution >= 4 is 23.4 Å². The minimum Gasteiger partial charge on any atom is -0.480 e. The topological polar surface area (TPSA) is 96.9 Å². The number of nitrogens with one attached hydrogen (secondary N) is 2. The molecule has 0 radical (unpaired) electrons. The second kappa shape index (κ2) is 7.23. The molecule has 1 aliphatic heterocycles. The molecule has 2 amide bonds. The molecule has 4 aliphatic carbocycles. The Morgan fingerprint density at radius 3 is 2.53 bits per heavy atom. The smallest absolute Gasteiger partial charge is 0.480 e. The highest BCUT2D eigenvalue weighted by molar-refractivity contribution is 6.30. The summed E-state index contributed by atoms with van der Waals surface area (Å²) in [6.45, 7) is 0. The van der Waals surface area contributed by atoms with Crippen LogP contribution in [0.15, 0.2) is 18.2 Å². The van der Waals surface area contributed by atoms with Gasteiger partial charge in [-0.15, -0.1) is 13.2 Å². The molecule has 1 aromatic rings. The van der Waals surface area contributed by atoms with Gasteiger partial charge >= 0.3 is 6.36 Å². The summed E-state index contributed by atoms with van der Waals surface area (Å²) in [5.41, 5.74) is -0.495. The molecule has 5 aliphatic rings. The van der Waals surface area contributed by atoms with Crippen molar-refractivity contribution in [2.24, 2.45) is 5.41 Å². The van der Waals surface area contributed by atoms with Gasteiger partial charge in [-0.25, -0.2) is 0 Å². The zero-order valence-corrected chi connectivity index (χ0v) is 17.6. The van der Waals surface area contributed by atoms with Crippen molar-refractivity contribution in [1.82, 2.24) is 10.6 Å². The minimum absolute atomic E-state index is 0.101. The third-order valence-electron chi connectivity index (χ3n) is 6.96. The summed E-state index contributed by atoms with van der Waals surface area (Å²) in [5, 5.41) is 16.6. The summed E-state index contributed by atoms with van der Waals surface area (Å²) in [7, 11) is 0. The molecular weight excluding hydrogens is 453 g/mol. The number of halogens is 4. The molecule has 6 rings (SSSR count). The first-order valence-electron chi connectivity index (χ1n) is 10.5. The van der Waals surface area contributed by atoms with Crippen LogP contribution in [0, 0.1) is 5.41 Å². The highest BCUT2D eigenvalue weighted by atomic mass is 35.5. The van der Waals surface area contributed by atoms with Crippen molar-refractivity contribution in [3.05, 3.63) is 28.8 Å². The maximum Gasteiger partial charge on any atom is 0.522 e. The zero-order chi connectivity index (χ0) is 22.9. The first-order chi connectivity index (χ1) is 15.0. The second-order valence-electron chi connectivity index (χ2n) is 9.45. The lowest BCUT2D eigenvalue weighted by molar-refractivity contribution is -0.352. The van der Waals surface area contributed by atoms with Gasteiger partial charge in [-0.3, -0.25) is 14.3 Å². The Hall–Kier alpha value is -2.04. The van der Waals surface area contributed by atoms with Crippen LogP contribution in [0.1, 0.15) is 50.2 Å². The van der Waals surface area contributed by atoms with Crippen molar-refractivity contribution in [3.8, 4) is 5.75 Å². The number of hydrogen-bond donors (Lipinski definition) is 3. The second-order valence-corrected chi connectivity index (χ2v) is 9.88. The molecule has 2 atom stereocenters. The van der Waals surface area contributed by atoms with Gasteiger partial charge in [-0.05, 0) is 50.3 Å². The van der Waals surface area contributed by atoms with E-state index < -0.39 is 35.6 Å². The lowest BCUT2D eigenvalue weighted by atomic mass is 9.39. The number of ether oxygens (including phenoxy) is 2. The average molecular weight is 475 g/mol. The number of carbonyl (C=O) groups excluding carboxylic acids is 2. The van der Waals surface area contributed by atoms with E-state index in [1.807, 2.05) is 0 Å². The summed E-state index contributed by atoms with van der Waals surface area (Å²) in [5.74, 6) is -0.112. The van der Waals surface area contributed by atoms with Crippen LogP contribution in [-0.4, -0.2) is 47.1 Å². The average Bonchev–Trinajstić information content (AvgIpc) is 2.60. The molecule has 4 saturated carbocycles. The molecule has 0 aromatic heterocycles. The maximum atomic E-state index is 12.7. The summed E-state index contributed by atoms with van der Waals surface area (Å²) in [4.78, 5) is 25.3. The third kappa shape index (κ3) is 3.82. The van der Waals surface area contributed by atoms with Gasteiger partial charge in [0, 0.05) is 28.6 Å². The number of hydrogen-bond acceptors (Lipinski definition) is 5. The maximum absolute atomic E-state index is 12.7. The van der Waals surface area contributed by atoms with E-state index in [0.29, 0.717) is 35.6 Å². The van der Waals surface area contributed by atoms with Gasteiger partial charge in [-0.1, -0.05) is 11.6 Å². The summed E-state index contributed by atoms with van der Waals surface area (Å²) >= 11 is 5.95. The van der Waals surface area contributed by atoms with Crippen LogP contribution in [0.3, 0.4) is 0 Å². The van der Waals surface area contributed by atoms with E-state index in [1.54, 1.807) is 18.2 Å². The van der Waals surface area contributed by atoms with Crippen molar-refractivity contribution in [3.63, 3.8) is 0 Å². The Morgan fingerprint density at radius 1 is 1.19 bits per heavy atom. The summed E-state index contributed by atoms with van der Waals surface area (Å²) in [6, 6.07) is 4.53. The number of carbonyl (C=O) groups is 2. The highest BCUT2D eigenvalue weighted by Gasteiger charge is 2.72. The fourth-order valence-corrected chi connectivity index (χ4v) is 5.57. The van der Waals surface area contributed by atoms with E-state index in [1.165, 1.54) is 0 Å². The van der Waals surface area contributed by atoms with E-state index in [4.69, 9.17) is 16.3 Å². The Labute approximate surface area is 186 Å². The molecule has 7 nitrogen and oxygen atoms in total. The van der Waals surface area contributed by atoms with Gasteiger partial charge in [0.15, 0.2) is 6.10 Å². The Bertz CT molecular complexity index is 945. The molecule has 1 heterocycles. The van der Waals surface area contributed by atoms with Crippen LogP contribution in [0.5, 0.6) is 5.75 Å². The quantitative estimate of drug-likeness (QED) is 0.610. The molecule has 0 spiro atoms. The number of alkyl halides is 3. The van der Waals surface area contributed by atoms with Crippen molar-refractivity contribution in [2.75, 3.05) is 0 Å². The molecule has 0 saturated heterocycles. The fourth-order valence-electron chi connectivity index (χ4n) is 5.39. The first-order valence-corrected chi connectivity index (χ1v) is 10.9. The standard InChI is InChI=1S/C21H22ClF3N2O5/c22-10-1-2-15-13(3-10)14(28)6-16(31-15)17(29)27-20-7-19(8-20,9-20)18(30)26-11-4-12(5-11)32-21(23,24)25/h1-3,11-12,14,16,28H,4-9H2,(H,26,30)(H,27,29)/t11?,12?,14?,16-,19?,20?/m1/s1. The van der Waals surface area contributed by atoms with Crippen LogP contribution >= 0.6 is 11.6 Å². The molecule has 1 unspecified atom stereocenters. The number of aliphatic hydroxyl groups excluding tert-OH is 1. The van der Waals surface area contributed by atoms with Crippen LogP contribution in [0.4, 0.5) is 13.2 Å². The zero-order valence-electron chi connectivity index (χ0n) is 16.9. The minimum atomic E-state index is -4.66. The predicted octanol–water partition coefficient (Wildman–Crippen LogP) is 2.75. The Balaban J connectivity index is 1.09. The number of benzene rings is 1.